The molecule has 0 bridgehead atoms. The number of hydrogen-bond acceptors (Lipinski definition) is 4. The zero-order chi connectivity index (χ0) is 15.1. The molecule has 4 heteroatoms. The fraction of sp³-hybridized carbons (Fsp3) is 0.235. The smallest absolute Gasteiger partial charge is 0.457 e. The van der Waals surface area contributed by atoms with Gasteiger partial charge in [-0.2, -0.15) is 0 Å². The molecule has 1 unspecified atom stereocenters. The van der Waals surface area contributed by atoms with Crippen LogP contribution >= 0.6 is 0 Å². The second kappa shape index (κ2) is 7.33. The third-order valence-corrected chi connectivity index (χ3v) is 2.86. The van der Waals surface area contributed by atoms with Crippen molar-refractivity contribution in [1.29, 1.82) is 0 Å². The van der Waals surface area contributed by atoms with Crippen LogP contribution in [-0.4, -0.2) is 12.8 Å². The van der Waals surface area contributed by atoms with Crippen molar-refractivity contribution >= 4 is 6.16 Å². The van der Waals surface area contributed by atoms with Gasteiger partial charge in [-0.1, -0.05) is 36.4 Å². The van der Waals surface area contributed by atoms with Crippen molar-refractivity contribution in [1.82, 2.24) is 0 Å². The van der Waals surface area contributed by atoms with Crippen molar-refractivity contribution in [2.45, 2.75) is 20.0 Å². The molecule has 0 aliphatic heterocycles. The first-order chi connectivity index (χ1) is 10.2. The minimum atomic E-state index is -0.681. The van der Waals surface area contributed by atoms with E-state index in [1.54, 1.807) is 13.8 Å². The summed E-state index contributed by atoms with van der Waals surface area (Å²) in [5, 5.41) is 0. The standard InChI is InChI=1S/C17H18O4/c1-3-19-17(18)20-13(2)15-11-7-8-12-16(15)21-14-9-5-4-6-10-14/h4-13H,3H2,1-2H3. The van der Waals surface area contributed by atoms with Gasteiger partial charge in [-0.25, -0.2) is 4.79 Å². The number of ether oxygens (including phenoxy) is 3. The molecule has 0 fully saturated rings. The van der Waals surface area contributed by atoms with Crippen LogP contribution in [0.15, 0.2) is 54.6 Å². The first kappa shape index (κ1) is 14.9. The van der Waals surface area contributed by atoms with E-state index in [9.17, 15) is 4.79 Å². The summed E-state index contributed by atoms with van der Waals surface area (Å²) in [6.07, 6.45) is -1.14. The monoisotopic (exact) mass is 286 g/mol. The molecule has 0 aliphatic carbocycles. The van der Waals surface area contributed by atoms with Gasteiger partial charge in [0.15, 0.2) is 0 Å². The molecule has 110 valence electrons. The highest BCUT2D eigenvalue weighted by atomic mass is 16.7. The highest BCUT2D eigenvalue weighted by Crippen LogP contribution is 2.31. The lowest BCUT2D eigenvalue weighted by Crippen LogP contribution is -2.11. The van der Waals surface area contributed by atoms with Crippen LogP contribution in [0.2, 0.25) is 0 Å². The van der Waals surface area contributed by atoms with E-state index in [1.807, 2.05) is 54.6 Å². The SMILES string of the molecule is CCOC(=O)OC(C)c1ccccc1Oc1ccccc1. The van der Waals surface area contributed by atoms with E-state index < -0.39 is 12.3 Å². The average Bonchev–Trinajstić information content (AvgIpc) is 2.49. The van der Waals surface area contributed by atoms with E-state index >= 15 is 0 Å². The van der Waals surface area contributed by atoms with Gasteiger partial charge in [0.05, 0.1) is 6.61 Å². The Bertz CT molecular complexity index is 580. The molecule has 0 aromatic heterocycles. The van der Waals surface area contributed by atoms with Crippen molar-refractivity contribution in [3.8, 4) is 11.5 Å². The second-order valence-corrected chi connectivity index (χ2v) is 4.40. The van der Waals surface area contributed by atoms with Crippen molar-refractivity contribution in [2.24, 2.45) is 0 Å². The summed E-state index contributed by atoms with van der Waals surface area (Å²) in [6, 6.07) is 16.9. The van der Waals surface area contributed by atoms with E-state index in [0.717, 1.165) is 11.3 Å². The molecule has 4 nitrogen and oxygen atoms in total. The third kappa shape index (κ3) is 4.24. The lowest BCUT2D eigenvalue weighted by Gasteiger charge is -2.17. The summed E-state index contributed by atoms with van der Waals surface area (Å²) < 4.78 is 15.8. The van der Waals surface area contributed by atoms with E-state index in [1.165, 1.54) is 0 Å². The summed E-state index contributed by atoms with van der Waals surface area (Å²) >= 11 is 0. The molecule has 0 aliphatic rings. The molecule has 21 heavy (non-hydrogen) atoms. The molecular formula is C17H18O4. The van der Waals surface area contributed by atoms with E-state index in [4.69, 9.17) is 14.2 Å². The normalized spacial score (nSPS) is 11.5. The van der Waals surface area contributed by atoms with Gasteiger partial charge in [0.2, 0.25) is 0 Å². The van der Waals surface area contributed by atoms with Gasteiger partial charge in [0, 0.05) is 5.56 Å². The summed E-state index contributed by atoms with van der Waals surface area (Å²) in [5.41, 5.74) is 0.786. The lowest BCUT2D eigenvalue weighted by molar-refractivity contribution is 0.0312. The number of para-hydroxylation sites is 2. The molecule has 0 saturated carbocycles. The number of carbonyl (C=O) groups excluding carboxylic acids is 1. The number of benzene rings is 2. The van der Waals surface area contributed by atoms with Crippen LogP contribution in [0.25, 0.3) is 0 Å². The minimum absolute atomic E-state index is 0.285. The Morgan fingerprint density at radius 3 is 2.43 bits per heavy atom. The molecule has 0 radical (unpaired) electrons. The van der Waals surface area contributed by atoms with Gasteiger partial charge in [-0.3, -0.25) is 0 Å². The third-order valence-electron chi connectivity index (χ3n) is 2.86. The number of hydrogen-bond donors (Lipinski definition) is 0. The molecule has 2 aromatic rings. The Hall–Kier alpha value is -2.49. The molecule has 0 amide bonds. The van der Waals surface area contributed by atoms with Gasteiger partial charge in [0.25, 0.3) is 0 Å². The molecule has 0 N–H and O–H groups in total. The van der Waals surface area contributed by atoms with Crippen LogP contribution in [-0.2, 0) is 9.47 Å². The topological polar surface area (TPSA) is 44.8 Å². The number of carbonyl (C=O) groups is 1. The van der Waals surface area contributed by atoms with Crippen molar-refractivity contribution < 1.29 is 19.0 Å². The Balaban J connectivity index is 2.14. The fourth-order valence-corrected chi connectivity index (χ4v) is 1.88. The fourth-order valence-electron chi connectivity index (χ4n) is 1.88. The van der Waals surface area contributed by atoms with Crippen LogP contribution in [0, 0.1) is 0 Å². The van der Waals surface area contributed by atoms with E-state index in [2.05, 4.69) is 0 Å². The van der Waals surface area contributed by atoms with Crippen LogP contribution in [0.1, 0.15) is 25.5 Å². The van der Waals surface area contributed by atoms with E-state index in [0.29, 0.717) is 5.75 Å². The largest absolute Gasteiger partial charge is 0.508 e. The van der Waals surface area contributed by atoms with Crippen molar-refractivity contribution in [3.63, 3.8) is 0 Å². The van der Waals surface area contributed by atoms with Crippen molar-refractivity contribution in [2.75, 3.05) is 6.61 Å². The molecule has 2 aromatic carbocycles. The predicted octanol–water partition coefficient (Wildman–Crippen LogP) is 4.71. The zero-order valence-electron chi connectivity index (χ0n) is 12.1. The Kier molecular flexibility index (Phi) is 5.21. The van der Waals surface area contributed by atoms with Crippen LogP contribution in [0.4, 0.5) is 4.79 Å². The summed E-state index contributed by atoms with van der Waals surface area (Å²) in [5.74, 6) is 1.38. The Morgan fingerprint density at radius 2 is 1.71 bits per heavy atom. The van der Waals surface area contributed by atoms with Crippen LogP contribution < -0.4 is 4.74 Å². The zero-order valence-corrected chi connectivity index (χ0v) is 12.1. The predicted molar refractivity (Wildman–Crippen MR) is 79.5 cm³/mol. The van der Waals surface area contributed by atoms with Gasteiger partial charge < -0.3 is 14.2 Å². The van der Waals surface area contributed by atoms with Gasteiger partial charge in [-0.05, 0) is 32.0 Å². The highest BCUT2D eigenvalue weighted by molar-refractivity contribution is 5.60. The first-order valence-electron chi connectivity index (χ1n) is 6.86. The van der Waals surface area contributed by atoms with Gasteiger partial charge >= 0.3 is 6.16 Å². The maximum atomic E-state index is 11.4. The summed E-state index contributed by atoms with van der Waals surface area (Å²) in [6.45, 7) is 3.80. The minimum Gasteiger partial charge on any atom is -0.457 e. The van der Waals surface area contributed by atoms with Crippen LogP contribution in [0.5, 0.6) is 11.5 Å². The van der Waals surface area contributed by atoms with Crippen LogP contribution in [0.3, 0.4) is 0 Å². The van der Waals surface area contributed by atoms with Gasteiger partial charge in [-0.15, -0.1) is 0 Å². The molecule has 0 spiro atoms. The van der Waals surface area contributed by atoms with E-state index in [-0.39, 0.29) is 6.61 Å². The Labute approximate surface area is 124 Å². The van der Waals surface area contributed by atoms with Crippen molar-refractivity contribution in [3.05, 3.63) is 60.2 Å². The average molecular weight is 286 g/mol. The maximum Gasteiger partial charge on any atom is 0.508 e. The Morgan fingerprint density at radius 1 is 1.05 bits per heavy atom. The molecule has 1 atom stereocenters. The highest BCUT2D eigenvalue weighted by Gasteiger charge is 2.16. The molecule has 0 saturated heterocycles. The summed E-state index contributed by atoms with van der Waals surface area (Å²) in [4.78, 5) is 11.4. The number of rotatable bonds is 5. The van der Waals surface area contributed by atoms with Gasteiger partial charge in [0.1, 0.15) is 17.6 Å². The second-order valence-electron chi connectivity index (χ2n) is 4.40. The molecule has 2 rings (SSSR count). The summed E-state index contributed by atoms with van der Waals surface area (Å²) in [7, 11) is 0. The quantitative estimate of drug-likeness (QED) is 0.746. The molecule has 0 heterocycles. The maximum absolute atomic E-state index is 11.4. The lowest BCUT2D eigenvalue weighted by atomic mass is 10.1. The first-order valence-corrected chi connectivity index (χ1v) is 6.86. The molecular weight excluding hydrogens is 268 g/mol.